The Morgan fingerprint density at radius 1 is 1.23 bits per heavy atom. The fourth-order valence-electron chi connectivity index (χ4n) is 2.47. The number of para-hydroxylation sites is 1. The number of aromatic amines is 1. The summed E-state index contributed by atoms with van der Waals surface area (Å²) in [5, 5.41) is 2.77. The summed E-state index contributed by atoms with van der Waals surface area (Å²) in [5.41, 5.74) is 0.887. The average molecular weight is 312 g/mol. The minimum Gasteiger partial charge on any atom is -0.334 e. The number of pyridine rings is 1. The highest BCUT2D eigenvalue weighted by Crippen LogP contribution is 2.19. The molecule has 0 aliphatic carbocycles. The number of hydrogen-bond donors (Lipinski definition) is 1. The van der Waals surface area contributed by atoms with Gasteiger partial charge in [0.1, 0.15) is 0 Å². The van der Waals surface area contributed by atoms with Gasteiger partial charge in [-0.2, -0.15) is 0 Å². The van der Waals surface area contributed by atoms with E-state index in [0.717, 1.165) is 10.3 Å². The number of rotatable bonds is 4. The lowest BCUT2D eigenvalue weighted by molar-refractivity contribution is 0.0756. The maximum absolute atomic E-state index is 12.8. The maximum atomic E-state index is 12.8. The molecule has 2 aromatic heterocycles. The molecule has 1 aromatic carbocycles. The van der Waals surface area contributed by atoms with Crippen LogP contribution in [0.1, 0.15) is 22.2 Å². The molecule has 3 rings (SSSR count). The van der Waals surface area contributed by atoms with Crippen LogP contribution in [0.3, 0.4) is 0 Å². The van der Waals surface area contributed by atoms with Gasteiger partial charge in [-0.15, -0.1) is 11.3 Å². The van der Waals surface area contributed by atoms with E-state index in [-0.39, 0.29) is 11.5 Å². The summed E-state index contributed by atoms with van der Waals surface area (Å²) in [6.45, 7) is 3.10. The van der Waals surface area contributed by atoms with E-state index in [1.165, 1.54) is 6.07 Å². The number of amides is 1. The summed E-state index contributed by atoms with van der Waals surface area (Å²) < 4.78 is 0. The molecule has 112 valence electrons. The van der Waals surface area contributed by atoms with Crippen LogP contribution in [-0.4, -0.2) is 22.3 Å². The zero-order valence-corrected chi connectivity index (χ0v) is 13.0. The minimum atomic E-state index is -0.255. The summed E-state index contributed by atoms with van der Waals surface area (Å²) in [6, 6.07) is 12.8. The third-order valence-corrected chi connectivity index (χ3v) is 4.44. The molecule has 0 bridgehead atoms. The summed E-state index contributed by atoms with van der Waals surface area (Å²) >= 11 is 1.62. The van der Waals surface area contributed by atoms with Crippen LogP contribution in [-0.2, 0) is 6.54 Å². The summed E-state index contributed by atoms with van der Waals surface area (Å²) in [4.78, 5) is 30.3. The highest BCUT2D eigenvalue weighted by Gasteiger charge is 2.18. The highest BCUT2D eigenvalue weighted by atomic mass is 32.1. The predicted octanol–water partition coefficient (Wildman–Crippen LogP) is 3.25. The van der Waals surface area contributed by atoms with Crippen molar-refractivity contribution in [3.63, 3.8) is 0 Å². The second-order valence-electron chi connectivity index (χ2n) is 4.99. The third kappa shape index (κ3) is 2.80. The van der Waals surface area contributed by atoms with Crippen molar-refractivity contribution in [2.24, 2.45) is 0 Å². The lowest BCUT2D eigenvalue weighted by Gasteiger charge is -2.21. The first-order valence-corrected chi connectivity index (χ1v) is 8.00. The van der Waals surface area contributed by atoms with Crippen LogP contribution < -0.4 is 5.56 Å². The number of carbonyl (C=O) groups is 1. The van der Waals surface area contributed by atoms with E-state index < -0.39 is 0 Å². The van der Waals surface area contributed by atoms with E-state index in [0.29, 0.717) is 24.2 Å². The first kappa shape index (κ1) is 14.5. The first-order valence-electron chi connectivity index (χ1n) is 7.12. The summed E-state index contributed by atoms with van der Waals surface area (Å²) in [5.74, 6) is -0.113. The Morgan fingerprint density at radius 3 is 2.77 bits per heavy atom. The molecular weight excluding hydrogens is 296 g/mol. The monoisotopic (exact) mass is 312 g/mol. The standard InChI is InChI=1S/C17H16N2O2S/c1-2-19(11-12-6-5-9-22-12)17(21)14-10-16(20)18-15-8-4-3-7-13(14)15/h3-10H,2,11H2,1H3,(H,18,20). The zero-order chi connectivity index (χ0) is 15.5. The smallest absolute Gasteiger partial charge is 0.255 e. The first-order chi connectivity index (χ1) is 10.7. The van der Waals surface area contributed by atoms with Gasteiger partial charge in [-0.25, -0.2) is 0 Å². The van der Waals surface area contributed by atoms with Gasteiger partial charge in [0.05, 0.1) is 12.1 Å². The maximum Gasteiger partial charge on any atom is 0.255 e. The van der Waals surface area contributed by atoms with Crippen molar-refractivity contribution in [2.75, 3.05) is 6.54 Å². The molecule has 0 radical (unpaired) electrons. The van der Waals surface area contributed by atoms with Gasteiger partial charge in [-0.3, -0.25) is 9.59 Å². The number of hydrogen-bond acceptors (Lipinski definition) is 3. The van der Waals surface area contributed by atoms with Crippen molar-refractivity contribution in [2.45, 2.75) is 13.5 Å². The van der Waals surface area contributed by atoms with Crippen LogP contribution in [0.2, 0.25) is 0 Å². The zero-order valence-electron chi connectivity index (χ0n) is 12.2. The van der Waals surface area contributed by atoms with E-state index in [9.17, 15) is 9.59 Å². The Labute approximate surface area is 132 Å². The van der Waals surface area contributed by atoms with E-state index >= 15 is 0 Å². The van der Waals surface area contributed by atoms with Crippen molar-refractivity contribution < 1.29 is 4.79 Å². The van der Waals surface area contributed by atoms with Gasteiger partial charge in [-0.05, 0) is 24.4 Å². The van der Waals surface area contributed by atoms with Crippen molar-refractivity contribution in [1.82, 2.24) is 9.88 Å². The van der Waals surface area contributed by atoms with E-state index in [1.807, 2.05) is 48.7 Å². The van der Waals surface area contributed by atoms with Gasteiger partial charge >= 0.3 is 0 Å². The van der Waals surface area contributed by atoms with Gasteiger partial charge < -0.3 is 9.88 Å². The molecule has 0 atom stereocenters. The normalized spacial score (nSPS) is 10.8. The van der Waals surface area contributed by atoms with Crippen LogP contribution in [0.4, 0.5) is 0 Å². The molecule has 1 amide bonds. The predicted molar refractivity (Wildman–Crippen MR) is 89.3 cm³/mol. The van der Waals surface area contributed by atoms with E-state index in [4.69, 9.17) is 0 Å². The number of H-pyrrole nitrogens is 1. The molecule has 0 saturated carbocycles. The second-order valence-corrected chi connectivity index (χ2v) is 6.02. The third-order valence-electron chi connectivity index (χ3n) is 3.58. The minimum absolute atomic E-state index is 0.113. The Bertz CT molecular complexity index is 852. The number of benzene rings is 1. The van der Waals surface area contributed by atoms with Gasteiger partial charge in [0.15, 0.2) is 0 Å². The van der Waals surface area contributed by atoms with Crippen LogP contribution in [0.5, 0.6) is 0 Å². The van der Waals surface area contributed by atoms with Crippen LogP contribution in [0.25, 0.3) is 10.9 Å². The van der Waals surface area contributed by atoms with E-state index in [2.05, 4.69) is 4.98 Å². The van der Waals surface area contributed by atoms with Crippen molar-refractivity contribution in [3.05, 3.63) is 68.6 Å². The largest absolute Gasteiger partial charge is 0.334 e. The average Bonchev–Trinajstić information content (AvgIpc) is 3.04. The molecule has 1 N–H and O–H groups in total. The summed E-state index contributed by atoms with van der Waals surface area (Å²) in [6.07, 6.45) is 0. The molecule has 0 fully saturated rings. The fourth-order valence-corrected chi connectivity index (χ4v) is 3.19. The molecule has 3 aromatic rings. The lowest BCUT2D eigenvalue weighted by Crippen LogP contribution is -2.31. The van der Waals surface area contributed by atoms with Crippen molar-refractivity contribution in [3.8, 4) is 0 Å². The van der Waals surface area contributed by atoms with Crippen LogP contribution >= 0.6 is 11.3 Å². The molecule has 0 spiro atoms. The fraction of sp³-hybridized carbons (Fsp3) is 0.176. The van der Waals surface area contributed by atoms with Crippen LogP contribution in [0.15, 0.2) is 52.6 Å². The molecule has 0 aliphatic rings. The Hall–Kier alpha value is -2.40. The number of aromatic nitrogens is 1. The Kier molecular flexibility index (Phi) is 4.06. The Balaban J connectivity index is 2.02. The second kappa shape index (κ2) is 6.15. The molecule has 4 nitrogen and oxygen atoms in total. The number of nitrogens with zero attached hydrogens (tertiary/aromatic N) is 1. The van der Waals surface area contributed by atoms with Crippen molar-refractivity contribution in [1.29, 1.82) is 0 Å². The van der Waals surface area contributed by atoms with Gasteiger partial charge in [0.2, 0.25) is 5.56 Å². The number of fused-ring (bicyclic) bond motifs is 1. The topological polar surface area (TPSA) is 53.2 Å². The molecule has 0 saturated heterocycles. The molecule has 0 aliphatic heterocycles. The SMILES string of the molecule is CCN(Cc1cccs1)C(=O)c1cc(=O)[nH]c2ccccc12. The van der Waals surface area contributed by atoms with Gasteiger partial charge in [-0.1, -0.05) is 24.3 Å². The number of carbonyl (C=O) groups excluding carboxylic acids is 1. The quantitative estimate of drug-likeness (QED) is 0.804. The number of nitrogens with one attached hydrogen (secondary N) is 1. The summed E-state index contributed by atoms with van der Waals surface area (Å²) in [7, 11) is 0. The van der Waals surface area contributed by atoms with E-state index in [1.54, 1.807) is 16.2 Å². The molecule has 22 heavy (non-hydrogen) atoms. The molecule has 0 unspecified atom stereocenters. The van der Waals surface area contributed by atoms with Gasteiger partial charge in [0.25, 0.3) is 5.91 Å². The molecule has 2 heterocycles. The van der Waals surface area contributed by atoms with Crippen LogP contribution in [0, 0.1) is 0 Å². The molecular formula is C17H16N2O2S. The highest BCUT2D eigenvalue weighted by molar-refractivity contribution is 7.09. The number of thiophene rings is 1. The van der Waals surface area contributed by atoms with Gasteiger partial charge in [0, 0.05) is 28.4 Å². The Morgan fingerprint density at radius 2 is 2.05 bits per heavy atom. The molecule has 5 heteroatoms. The lowest BCUT2D eigenvalue weighted by atomic mass is 10.1. The van der Waals surface area contributed by atoms with Crippen molar-refractivity contribution >= 4 is 28.1 Å².